The minimum absolute atomic E-state index is 0.158. The zero-order chi connectivity index (χ0) is 21.5. The molecule has 6 nitrogen and oxygen atoms in total. The number of thioether (sulfide) groups is 1. The van der Waals surface area contributed by atoms with Crippen LogP contribution in [-0.2, 0) is 28.8 Å². The summed E-state index contributed by atoms with van der Waals surface area (Å²) >= 11 is 2.89. The van der Waals surface area contributed by atoms with E-state index in [0.717, 1.165) is 49.8 Å². The van der Waals surface area contributed by atoms with E-state index < -0.39 is 5.97 Å². The Balaban J connectivity index is 1.65. The topological polar surface area (TPSA) is 92.1 Å². The van der Waals surface area contributed by atoms with Crippen LogP contribution in [0.2, 0.25) is 0 Å². The van der Waals surface area contributed by atoms with Gasteiger partial charge in [0.2, 0.25) is 5.91 Å². The molecule has 0 atom stereocenters. The second-order valence-electron chi connectivity index (χ2n) is 7.07. The zero-order valence-electron chi connectivity index (χ0n) is 17.2. The summed E-state index contributed by atoms with van der Waals surface area (Å²) in [6.07, 6.45) is 6.04. The number of carbonyl (C=O) groups excluding carboxylic acids is 2. The molecule has 0 fully saturated rings. The monoisotopic (exact) mass is 443 g/mol. The Morgan fingerprint density at radius 3 is 2.87 bits per heavy atom. The maximum atomic E-state index is 12.5. The Kier molecular flexibility index (Phi) is 7.88. The molecular formula is C22H25N3O3S2. The molecule has 1 amide bonds. The number of nitrogens with one attached hydrogen (secondary N) is 1. The number of nitrogens with zero attached hydrogens (tertiary/aromatic N) is 2. The largest absolute Gasteiger partial charge is 0.465 e. The molecule has 30 heavy (non-hydrogen) atoms. The van der Waals surface area contributed by atoms with E-state index in [-0.39, 0.29) is 12.3 Å². The fourth-order valence-corrected chi connectivity index (χ4v) is 5.70. The molecule has 2 heterocycles. The van der Waals surface area contributed by atoms with Crippen molar-refractivity contribution in [2.75, 3.05) is 18.2 Å². The number of pyridine rings is 1. The van der Waals surface area contributed by atoms with Gasteiger partial charge in [-0.25, -0.2) is 9.78 Å². The number of methoxy groups -OCH3 is 1. The van der Waals surface area contributed by atoms with Crippen molar-refractivity contribution in [1.29, 1.82) is 5.26 Å². The molecule has 0 aromatic carbocycles. The first-order valence-corrected chi connectivity index (χ1v) is 11.9. The van der Waals surface area contributed by atoms with Gasteiger partial charge in [0.25, 0.3) is 0 Å². The smallest absolute Gasteiger partial charge is 0.341 e. The van der Waals surface area contributed by atoms with Crippen molar-refractivity contribution < 1.29 is 14.3 Å². The number of carbonyl (C=O) groups is 2. The van der Waals surface area contributed by atoms with Crippen molar-refractivity contribution in [3.8, 4) is 6.07 Å². The first kappa shape index (κ1) is 22.3. The van der Waals surface area contributed by atoms with Crippen LogP contribution in [0.1, 0.15) is 64.7 Å². The summed E-state index contributed by atoms with van der Waals surface area (Å²) in [6, 6.07) is 5.83. The summed E-state index contributed by atoms with van der Waals surface area (Å²) in [7, 11) is 1.36. The summed E-state index contributed by atoms with van der Waals surface area (Å²) in [5.41, 5.74) is 3.02. The molecule has 0 radical (unpaired) electrons. The third-order valence-corrected chi connectivity index (χ3v) is 7.13. The number of fused-ring (bicyclic) bond motifs is 1. The van der Waals surface area contributed by atoms with Crippen LogP contribution in [0.15, 0.2) is 17.2 Å². The summed E-state index contributed by atoms with van der Waals surface area (Å²) in [5, 5.41) is 13.5. The van der Waals surface area contributed by atoms with Crippen LogP contribution >= 0.6 is 23.1 Å². The van der Waals surface area contributed by atoms with Crippen LogP contribution in [0.3, 0.4) is 0 Å². The molecule has 1 aliphatic rings. The second-order valence-corrected chi connectivity index (χ2v) is 9.26. The Hall–Kier alpha value is -2.37. The van der Waals surface area contributed by atoms with E-state index in [4.69, 9.17) is 4.74 Å². The highest BCUT2D eigenvalue weighted by molar-refractivity contribution is 7.99. The standard InChI is InChI=1S/C22H25N3O3S2/c1-3-6-15-10-9-14(13-23)20(24-15)29-12-11-18(26)25-21-19(22(27)28-2)16-7-4-5-8-17(16)30-21/h9-10H,3-8,11-12H2,1-2H3,(H,25,26). The Morgan fingerprint density at radius 1 is 1.33 bits per heavy atom. The van der Waals surface area contributed by atoms with Gasteiger partial charge in [0.05, 0.1) is 18.2 Å². The number of nitriles is 1. The summed E-state index contributed by atoms with van der Waals surface area (Å²) < 4.78 is 4.95. The van der Waals surface area contributed by atoms with Crippen molar-refractivity contribution in [2.24, 2.45) is 0 Å². The van der Waals surface area contributed by atoms with Crippen LogP contribution in [-0.4, -0.2) is 29.7 Å². The van der Waals surface area contributed by atoms with E-state index in [1.54, 1.807) is 6.07 Å². The van der Waals surface area contributed by atoms with E-state index in [1.807, 2.05) is 6.07 Å². The van der Waals surface area contributed by atoms with Gasteiger partial charge >= 0.3 is 5.97 Å². The van der Waals surface area contributed by atoms with Crippen LogP contribution in [0, 0.1) is 11.3 Å². The number of ether oxygens (including phenoxy) is 1. The Morgan fingerprint density at radius 2 is 2.13 bits per heavy atom. The molecule has 1 N–H and O–H groups in total. The number of aryl methyl sites for hydroxylation is 2. The SMILES string of the molecule is CCCc1ccc(C#N)c(SCCC(=O)Nc2sc3c(c2C(=O)OC)CCCC3)n1. The molecule has 1 aliphatic carbocycles. The minimum Gasteiger partial charge on any atom is -0.465 e. The van der Waals surface area contributed by atoms with E-state index in [9.17, 15) is 14.9 Å². The van der Waals surface area contributed by atoms with E-state index >= 15 is 0 Å². The molecule has 2 aromatic rings. The van der Waals surface area contributed by atoms with Crippen LogP contribution in [0.25, 0.3) is 0 Å². The maximum Gasteiger partial charge on any atom is 0.341 e. The molecule has 2 aromatic heterocycles. The molecule has 8 heteroatoms. The lowest BCUT2D eigenvalue weighted by atomic mass is 9.95. The highest BCUT2D eigenvalue weighted by Crippen LogP contribution is 2.38. The van der Waals surface area contributed by atoms with Gasteiger partial charge in [-0.2, -0.15) is 5.26 Å². The maximum absolute atomic E-state index is 12.5. The van der Waals surface area contributed by atoms with Crippen LogP contribution < -0.4 is 5.32 Å². The van der Waals surface area contributed by atoms with Gasteiger partial charge in [-0.15, -0.1) is 23.1 Å². The van der Waals surface area contributed by atoms with Gasteiger partial charge in [0.15, 0.2) is 0 Å². The van der Waals surface area contributed by atoms with Gasteiger partial charge in [-0.1, -0.05) is 13.3 Å². The van der Waals surface area contributed by atoms with E-state index in [2.05, 4.69) is 23.3 Å². The fraction of sp³-hybridized carbons (Fsp3) is 0.455. The average molecular weight is 444 g/mol. The lowest BCUT2D eigenvalue weighted by molar-refractivity contribution is -0.115. The molecule has 0 spiro atoms. The molecule has 0 aliphatic heterocycles. The fourth-order valence-electron chi connectivity index (χ4n) is 3.47. The first-order chi connectivity index (χ1) is 14.6. The third kappa shape index (κ3) is 5.21. The first-order valence-electron chi connectivity index (χ1n) is 10.1. The van der Waals surface area contributed by atoms with Gasteiger partial charge in [0.1, 0.15) is 16.1 Å². The van der Waals surface area contributed by atoms with Crippen molar-refractivity contribution >= 4 is 40.0 Å². The lowest BCUT2D eigenvalue weighted by Gasteiger charge is -2.11. The highest BCUT2D eigenvalue weighted by Gasteiger charge is 2.26. The predicted molar refractivity (Wildman–Crippen MR) is 119 cm³/mol. The van der Waals surface area contributed by atoms with Crippen molar-refractivity contribution in [3.05, 3.63) is 39.4 Å². The number of esters is 1. The van der Waals surface area contributed by atoms with Crippen molar-refractivity contribution in [1.82, 2.24) is 4.98 Å². The quantitative estimate of drug-likeness (QED) is 0.467. The summed E-state index contributed by atoms with van der Waals surface area (Å²) in [4.78, 5) is 30.6. The number of aromatic nitrogens is 1. The molecule has 158 valence electrons. The van der Waals surface area contributed by atoms with Crippen molar-refractivity contribution in [2.45, 2.75) is 56.9 Å². The summed E-state index contributed by atoms with van der Waals surface area (Å²) in [6.45, 7) is 2.09. The molecule has 3 rings (SSSR count). The Labute approximate surface area is 185 Å². The number of rotatable bonds is 8. The molecule has 0 saturated carbocycles. The minimum atomic E-state index is -0.394. The average Bonchev–Trinajstić information content (AvgIpc) is 3.11. The summed E-state index contributed by atoms with van der Waals surface area (Å²) in [5.74, 6) is -0.0500. The molecule has 0 unspecified atom stereocenters. The number of hydrogen-bond donors (Lipinski definition) is 1. The number of anilines is 1. The number of thiophene rings is 1. The van der Waals surface area contributed by atoms with E-state index in [0.29, 0.717) is 26.9 Å². The van der Waals surface area contributed by atoms with Crippen molar-refractivity contribution in [3.63, 3.8) is 0 Å². The number of hydrogen-bond acceptors (Lipinski definition) is 7. The van der Waals surface area contributed by atoms with Gasteiger partial charge in [-0.3, -0.25) is 4.79 Å². The van der Waals surface area contributed by atoms with E-state index in [1.165, 1.54) is 35.1 Å². The van der Waals surface area contributed by atoms with Gasteiger partial charge in [-0.05, 0) is 49.8 Å². The predicted octanol–water partition coefficient (Wildman–Crippen LogP) is 4.75. The second kappa shape index (κ2) is 10.6. The lowest BCUT2D eigenvalue weighted by Crippen LogP contribution is -2.15. The van der Waals surface area contributed by atoms with Gasteiger partial charge < -0.3 is 10.1 Å². The highest BCUT2D eigenvalue weighted by atomic mass is 32.2. The van der Waals surface area contributed by atoms with Crippen LogP contribution in [0.5, 0.6) is 0 Å². The van der Waals surface area contributed by atoms with Gasteiger partial charge in [0, 0.05) is 22.7 Å². The molecule has 0 bridgehead atoms. The zero-order valence-corrected chi connectivity index (χ0v) is 18.9. The van der Waals surface area contributed by atoms with Crippen LogP contribution in [0.4, 0.5) is 5.00 Å². The molecular weight excluding hydrogens is 418 g/mol. The molecule has 0 saturated heterocycles. The number of amides is 1. The normalized spacial score (nSPS) is 12.7. The Bertz CT molecular complexity index is 979. The third-order valence-electron chi connectivity index (χ3n) is 4.93.